The largest absolute Gasteiger partial charge is 0.371 e. The molecule has 2 aliphatic heterocycles. The van der Waals surface area contributed by atoms with Gasteiger partial charge in [-0.2, -0.15) is 0 Å². The summed E-state index contributed by atoms with van der Waals surface area (Å²) in [5, 5.41) is 2.92. The summed E-state index contributed by atoms with van der Waals surface area (Å²) >= 11 is 0. The van der Waals surface area contributed by atoms with Crippen molar-refractivity contribution in [2.24, 2.45) is 0 Å². The van der Waals surface area contributed by atoms with Crippen LogP contribution in [0.25, 0.3) is 0 Å². The second-order valence-electron chi connectivity index (χ2n) is 10.4. The molecule has 2 saturated heterocycles. The number of hydrogen-bond acceptors (Lipinski definition) is 3. The van der Waals surface area contributed by atoms with Crippen LogP contribution in [-0.4, -0.2) is 48.4 Å². The van der Waals surface area contributed by atoms with E-state index >= 15 is 0 Å². The molecular formula is C31H33N3O2. The molecule has 3 aromatic carbocycles. The molecule has 2 fully saturated rings. The summed E-state index contributed by atoms with van der Waals surface area (Å²) in [4.78, 5) is 31.1. The van der Waals surface area contributed by atoms with Crippen molar-refractivity contribution in [3.05, 3.63) is 101 Å². The Morgan fingerprint density at radius 2 is 1.44 bits per heavy atom. The average Bonchev–Trinajstić information content (AvgIpc) is 3.41. The second kappa shape index (κ2) is 9.45. The number of piperazine rings is 1. The van der Waals surface area contributed by atoms with Gasteiger partial charge in [0.25, 0.3) is 0 Å². The molecular weight excluding hydrogens is 446 g/mol. The molecule has 1 aliphatic carbocycles. The number of anilines is 1. The molecule has 6 rings (SSSR count). The van der Waals surface area contributed by atoms with E-state index in [1.54, 1.807) is 0 Å². The first-order valence-corrected chi connectivity index (χ1v) is 13.2. The summed E-state index contributed by atoms with van der Waals surface area (Å²) < 4.78 is 0. The lowest BCUT2D eigenvalue weighted by Gasteiger charge is -2.51. The molecule has 3 aliphatic rings. The van der Waals surface area contributed by atoms with Crippen LogP contribution in [0.15, 0.2) is 78.9 Å². The molecule has 3 aromatic rings. The van der Waals surface area contributed by atoms with Crippen molar-refractivity contribution in [2.75, 3.05) is 31.1 Å². The van der Waals surface area contributed by atoms with Gasteiger partial charge in [-0.15, -0.1) is 0 Å². The zero-order valence-corrected chi connectivity index (χ0v) is 20.7. The Kier molecular flexibility index (Phi) is 6.00. The monoisotopic (exact) mass is 479 g/mol. The van der Waals surface area contributed by atoms with Crippen molar-refractivity contribution in [1.82, 2.24) is 10.2 Å². The molecule has 5 nitrogen and oxygen atoms in total. The number of aryl methyl sites for hydroxylation is 2. The number of carbonyl (C=O) groups excluding carboxylic acids is 2. The molecule has 5 heteroatoms. The number of nitrogens with one attached hydrogen (secondary N) is 1. The lowest BCUT2D eigenvalue weighted by molar-refractivity contribution is -0.155. The molecule has 1 spiro atoms. The standard InChI is InChI=1S/C31H33N3O2/c35-29-21-32-30(36)31(16-18-33(19-17-31)27-15-14-23-12-7-13-26(23)20-27)34(29)22-28(24-8-3-1-4-9-24)25-10-5-2-6-11-25/h1-6,8-11,14-15,20,28H,7,12-13,16-19,21-22H2,(H,32,36). The van der Waals surface area contributed by atoms with Crippen LogP contribution in [-0.2, 0) is 22.4 Å². The summed E-state index contributed by atoms with van der Waals surface area (Å²) in [6, 6.07) is 27.5. The minimum atomic E-state index is -0.801. The van der Waals surface area contributed by atoms with Crippen LogP contribution in [0.4, 0.5) is 5.69 Å². The van der Waals surface area contributed by atoms with Gasteiger partial charge in [-0.05, 0) is 66.5 Å². The highest BCUT2D eigenvalue weighted by Crippen LogP contribution is 2.37. The maximum Gasteiger partial charge on any atom is 0.246 e. The number of piperidine rings is 1. The van der Waals surface area contributed by atoms with E-state index in [9.17, 15) is 9.59 Å². The van der Waals surface area contributed by atoms with Crippen LogP contribution in [0, 0.1) is 0 Å². The van der Waals surface area contributed by atoms with Crippen molar-refractivity contribution in [2.45, 2.75) is 43.6 Å². The molecule has 1 N–H and O–H groups in total. The van der Waals surface area contributed by atoms with Crippen molar-refractivity contribution >= 4 is 17.5 Å². The van der Waals surface area contributed by atoms with E-state index < -0.39 is 5.54 Å². The summed E-state index contributed by atoms with van der Waals surface area (Å²) in [5.41, 5.74) is 5.70. The average molecular weight is 480 g/mol. The first-order valence-electron chi connectivity index (χ1n) is 13.2. The number of rotatable bonds is 5. The SMILES string of the molecule is O=C1CNC(=O)C2(CCN(c3ccc4c(c3)CCC4)CC2)N1CC(c1ccccc1)c1ccccc1. The third-order valence-electron chi connectivity index (χ3n) is 8.45. The van der Waals surface area contributed by atoms with Crippen LogP contribution in [0.2, 0.25) is 0 Å². The molecule has 36 heavy (non-hydrogen) atoms. The number of hydrogen-bond donors (Lipinski definition) is 1. The van der Waals surface area contributed by atoms with Crippen LogP contribution in [0.1, 0.15) is 47.4 Å². The van der Waals surface area contributed by atoms with Gasteiger partial charge >= 0.3 is 0 Å². The third-order valence-corrected chi connectivity index (χ3v) is 8.45. The predicted molar refractivity (Wildman–Crippen MR) is 142 cm³/mol. The third kappa shape index (κ3) is 4.06. The number of nitrogens with zero attached hydrogens (tertiary/aromatic N) is 2. The number of fused-ring (bicyclic) bond motifs is 1. The van der Waals surface area contributed by atoms with Gasteiger partial charge in [-0.1, -0.05) is 66.7 Å². The molecule has 2 heterocycles. The summed E-state index contributed by atoms with van der Waals surface area (Å²) in [7, 11) is 0. The van der Waals surface area contributed by atoms with Crippen molar-refractivity contribution in [3.8, 4) is 0 Å². The highest BCUT2D eigenvalue weighted by atomic mass is 16.2. The maximum absolute atomic E-state index is 13.5. The first kappa shape index (κ1) is 22.8. The van der Waals surface area contributed by atoms with Gasteiger partial charge in [0.1, 0.15) is 5.54 Å². The smallest absolute Gasteiger partial charge is 0.246 e. The quantitative estimate of drug-likeness (QED) is 0.594. The molecule has 0 saturated carbocycles. The summed E-state index contributed by atoms with van der Waals surface area (Å²) in [5.74, 6) is 0.0156. The Balaban J connectivity index is 1.28. The topological polar surface area (TPSA) is 52.7 Å². The fourth-order valence-electron chi connectivity index (χ4n) is 6.40. The van der Waals surface area contributed by atoms with Gasteiger partial charge in [-0.25, -0.2) is 0 Å². The van der Waals surface area contributed by atoms with Crippen molar-refractivity contribution in [1.29, 1.82) is 0 Å². The van der Waals surface area contributed by atoms with E-state index in [1.807, 2.05) is 41.3 Å². The summed E-state index contributed by atoms with van der Waals surface area (Å²) in [6.07, 6.45) is 4.85. The molecule has 0 bridgehead atoms. The second-order valence-corrected chi connectivity index (χ2v) is 10.4. The van der Waals surface area contributed by atoms with Gasteiger partial charge in [0.15, 0.2) is 0 Å². The fourth-order valence-corrected chi connectivity index (χ4v) is 6.40. The molecule has 0 radical (unpaired) electrons. The Morgan fingerprint density at radius 1 is 0.806 bits per heavy atom. The Bertz CT molecular complexity index is 1210. The zero-order valence-electron chi connectivity index (χ0n) is 20.7. The van der Waals surface area contributed by atoms with E-state index in [1.165, 1.54) is 29.7 Å². The van der Waals surface area contributed by atoms with Crippen molar-refractivity contribution in [3.63, 3.8) is 0 Å². The highest BCUT2D eigenvalue weighted by molar-refractivity contribution is 5.98. The van der Waals surface area contributed by atoms with Gasteiger partial charge in [0.05, 0.1) is 6.54 Å². The minimum Gasteiger partial charge on any atom is -0.371 e. The highest BCUT2D eigenvalue weighted by Gasteiger charge is 2.51. The summed E-state index contributed by atoms with van der Waals surface area (Å²) in [6.45, 7) is 2.10. The molecule has 184 valence electrons. The Hall–Kier alpha value is -3.60. The van der Waals surface area contributed by atoms with Gasteiger partial charge in [0.2, 0.25) is 11.8 Å². The lowest BCUT2D eigenvalue weighted by Crippen LogP contribution is -2.70. The Morgan fingerprint density at radius 3 is 2.11 bits per heavy atom. The molecule has 0 atom stereocenters. The lowest BCUT2D eigenvalue weighted by atomic mass is 9.80. The van der Waals surface area contributed by atoms with E-state index in [0.29, 0.717) is 19.4 Å². The fraction of sp³-hybridized carbons (Fsp3) is 0.355. The molecule has 0 aromatic heterocycles. The van der Waals surface area contributed by atoms with Gasteiger partial charge < -0.3 is 15.1 Å². The van der Waals surface area contributed by atoms with Gasteiger partial charge in [0, 0.05) is 31.2 Å². The molecule has 0 unspecified atom stereocenters. The van der Waals surface area contributed by atoms with Crippen LogP contribution in [0.5, 0.6) is 0 Å². The number of benzene rings is 3. The predicted octanol–water partition coefficient (Wildman–Crippen LogP) is 4.30. The van der Waals surface area contributed by atoms with Crippen LogP contribution >= 0.6 is 0 Å². The number of amides is 2. The van der Waals surface area contributed by atoms with E-state index in [-0.39, 0.29) is 24.3 Å². The van der Waals surface area contributed by atoms with E-state index in [4.69, 9.17) is 0 Å². The maximum atomic E-state index is 13.5. The van der Waals surface area contributed by atoms with E-state index in [2.05, 4.69) is 52.7 Å². The van der Waals surface area contributed by atoms with Gasteiger partial charge in [-0.3, -0.25) is 9.59 Å². The minimum absolute atomic E-state index is 0.00410. The number of carbonyl (C=O) groups is 2. The first-order chi connectivity index (χ1) is 17.6. The van der Waals surface area contributed by atoms with Crippen molar-refractivity contribution < 1.29 is 9.59 Å². The zero-order chi connectivity index (χ0) is 24.5. The normalized spacial score (nSPS) is 19.0. The van der Waals surface area contributed by atoms with Crippen LogP contribution < -0.4 is 10.2 Å². The van der Waals surface area contributed by atoms with E-state index in [0.717, 1.165) is 30.6 Å². The Labute approximate surface area is 213 Å². The van der Waals surface area contributed by atoms with Crippen LogP contribution in [0.3, 0.4) is 0 Å². The molecule has 2 amide bonds.